The van der Waals surface area contributed by atoms with E-state index < -0.39 is 0 Å². The van der Waals surface area contributed by atoms with Crippen molar-refractivity contribution in [2.45, 2.75) is 20.5 Å². The average molecular weight is 441 g/mol. The molecule has 1 amide bonds. The molecule has 1 N–H and O–H groups in total. The summed E-state index contributed by atoms with van der Waals surface area (Å²) in [7, 11) is 0. The number of para-hydroxylation sites is 2. The van der Waals surface area contributed by atoms with Crippen molar-refractivity contribution >= 4 is 22.9 Å². The van der Waals surface area contributed by atoms with Crippen LogP contribution in [0.3, 0.4) is 0 Å². The number of nitrogens with zero attached hydrogens (tertiary/aromatic N) is 3. The van der Waals surface area contributed by atoms with Gasteiger partial charge in [0.25, 0.3) is 5.91 Å². The molecular weight excluding hydrogens is 412 g/mol. The standard InChI is InChI=1S/C23H28N4O3S/c1-17-22(18(2)30-25-17)23(28)24-9-10-26-11-13-27(14-12-26)20-7-3-4-8-21(20)29-16-19-6-5-15-31-19/h3-8,15H,9-14,16H2,1-2H3,(H,24,28). The van der Waals surface area contributed by atoms with Crippen LogP contribution >= 0.6 is 11.3 Å². The Labute approximate surface area is 186 Å². The molecule has 0 spiro atoms. The lowest BCUT2D eigenvalue weighted by molar-refractivity contribution is 0.0945. The SMILES string of the molecule is Cc1noc(C)c1C(=O)NCCN1CCN(c2ccccc2OCc2cccs2)CC1. The maximum Gasteiger partial charge on any atom is 0.256 e. The van der Waals surface area contributed by atoms with E-state index in [0.717, 1.165) is 44.2 Å². The van der Waals surface area contributed by atoms with Crippen LogP contribution in [-0.4, -0.2) is 55.2 Å². The van der Waals surface area contributed by atoms with Gasteiger partial charge in [0.05, 0.1) is 11.4 Å². The maximum atomic E-state index is 12.4. The number of hydrogen-bond donors (Lipinski definition) is 1. The Kier molecular flexibility index (Phi) is 6.89. The second kappa shape index (κ2) is 9.98. The first-order valence-corrected chi connectivity index (χ1v) is 11.4. The second-order valence-electron chi connectivity index (χ2n) is 7.62. The number of carbonyl (C=O) groups excluding carboxylic acids is 1. The molecule has 1 saturated heterocycles. The van der Waals surface area contributed by atoms with Crippen LogP contribution in [0.2, 0.25) is 0 Å². The van der Waals surface area contributed by atoms with Gasteiger partial charge in [-0.1, -0.05) is 23.4 Å². The fraction of sp³-hybridized carbons (Fsp3) is 0.391. The number of piperazine rings is 1. The first-order valence-electron chi connectivity index (χ1n) is 10.5. The highest BCUT2D eigenvalue weighted by molar-refractivity contribution is 7.09. The quantitative estimate of drug-likeness (QED) is 0.578. The molecule has 1 aromatic carbocycles. The number of benzene rings is 1. The summed E-state index contributed by atoms with van der Waals surface area (Å²) in [5.41, 5.74) is 2.32. The Balaban J connectivity index is 1.25. The van der Waals surface area contributed by atoms with Crippen LogP contribution in [0.25, 0.3) is 0 Å². The summed E-state index contributed by atoms with van der Waals surface area (Å²) in [4.78, 5) is 18.3. The van der Waals surface area contributed by atoms with Crippen molar-refractivity contribution < 1.29 is 14.1 Å². The van der Waals surface area contributed by atoms with Crippen molar-refractivity contribution in [3.05, 3.63) is 63.7 Å². The fourth-order valence-corrected chi connectivity index (χ4v) is 4.44. The Morgan fingerprint density at radius 3 is 2.68 bits per heavy atom. The first-order chi connectivity index (χ1) is 15.1. The molecule has 3 heterocycles. The Morgan fingerprint density at radius 1 is 1.16 bits per heavy atom. The van der Waals surface area contributed by atoms with Crippen molar-refractivity contribution in [1.82, 2.24) is 15.4 Å². The highest BCUT2D eigenvalue weighted by atomic mass is 32.1. The van der Waals surface area contributed by atoms with E-state index in [9.17, 15) is 4.79 Å². The molecule has 0 radical (unpaired) electrons. The molecule has 0 unspecified atom stereocenters. The van der Waals surface area contributed by atoms with E-state index in [1.165, 1.54) is 4.88 Å². The molecule has 7 nitrogen and oxygen atoms in total. The number of thiophene rings is 1. The van der Waals surface area contributed by atoms with E-state index in [4.69, 9.17) is 9.26 Å². The zero-order valence-electron chi connectivity index (χ0n) is 18.0. The molecule has 2 aromatic heterocycles. The number of anilines is 1. The number of hydrogen-bond acceptors (Lipinski definition) is 7. The molecule has 1 fully saturated rings. The van der Waals surface area contributed by atoms with E-state index in [1.54, 1.807) is 25.2 Å². The number of ether oxygens (including phenoxy) is 1. The average Bonchev–Trinajstić information content (AvgIpc) is 3.42. The van der Waals surface area contributed by atoms with E-state index >= 15 is 0 Å². The van der Waals surface area contributed by atoms with Crippen molar-refractivity contribution in [2.75, 3.05) is 44.2 Å². The molecule has 0 aliphatic carbocycles. The van der Waals surface area contributed by atoms with Gasteiger partial charge in [0.15, 0.2) is 0 Å². The fourth-order valence-electron chi connectivity index (χ4n) is 3.82. The lowest BCUT2D eigenvalue weighted by atomic mass is 10.2. The summed E-state index contributed by atoms with van der Waals surface area (Å²) >= 11 is 1.71. The minimum atomic E-state index is -0.119. The lowest BCUT2D eigenvalue weighted by Gasteiger charge is -2.36. The monoisotopic (exact) mass is 440 g/mol. The number of amides is 1. The predicted molar refractivity (Wildman–Crippen MR) is 122 cm³/mol. The van der Waals surface area contributed by atoms with E-state index in [-0.39, 0.29) is 5.91 Å². The van der Waals surface area contributed by atoms with Crippen LogP contribution in [0.4, 0.5) is 5.69 Å². The number of aromatic nitrogens is 1. The summed E-state index contributed by atoms with van der Waals surface area (Å²) in [5, 5.41) is 8.90. The van der Waals surface area contributed by atoms with Gasteiger partial charge < -0.3 is 19.5 Å². The van der Waals surface area contributed by atoms with E-state index in [2.05, 4.69) is 43.9 Å². The molecular formula is C23H28N4O3S. The highest BCUT2D eigenvalue weighted by Crippen LogP contribution is 2.30. The van der Waals surface area contributed by atoms with Crippen LogP contribution in [0.5, 0.6) is 5.75 Å². The van der Waals surface area contributed by atoms with Crippen molar-refractivity contribution in [3.63, 3.8) is 0 Å². The van der Waals surface area contributed by atoms with Gasteiger partial charge in [0, 0.05) is 44.1 Å². The molecule has 4 rings (SSSR count). The first kappa shape index (κ1) is 21.4. The Morgan fingerprint density at radius 2 is 1.97 bits per heavy atom. The second-order valence-corrected chi connectivity index (χ2v) is 8.65. The Hall–Kier alpha value is -2.84. The molecule has 1 aliphatic rings. The van der Waals surface area contributed by atoms with Crippen LogP contribution < -0.4 is 15.0 Å². The van der Waals surface area contributed by atoms with Crippen LogP contribution in [0.1, 0.15) is 26.7 Å². The number of aryl methyl sites for hydroxylation is 2. The summed E-state index contributed by atoms with van der Waals surface area (Å²) in [5.74, 6) is 1.37. The molecule has 0 bridgehead atoms. The molecule has 8 heteroatoms. The van der Waals surface area contributed by atoms with Gasteiger partial charge in [-0.2, -0.15) is 0 Å². The highest BCUT2D eigenvalue weighted by Gasteiger charge is 2.21. The van der Waals surface area contributed by atoms with Gasteiger partial charge >= 0.3 is 0 Å². The number of carbonyl (C=O) groups is 1. The summed E-state index contributed by atoms with van der Waals surface area (Å²) in [6.07, 6.45) is 0. The molecule has 0 atom stereocenters. The molecule has 0 saturated carbocycles. The Bertz CT molecular complexity index is 975. The van der Waals surface area contributed by atoms with Crippen molar-refractivity contribution in [2.24, 2.45) is 0 Å². The molecule has 31 heavy (non-hydrogen) atoms. The smallest absolute Gasteiger partial charge is 0.256 e. The van der Waals surface area contributed by atoms with Gasteiger partial charge in [-0.3, -0.25) is 9.69 Å². The molecule has 3 aromatic rings. The van der Waals surface area contributed by atoms with Crippen LogP contribution in [-0.2, 0) is 6.61 Å². The molecule has 1 aliphatic heterocycles. The largest absolute Gasteiger partial charge is 0.486 e. The number of rotatable bonds is 8. The van der Waals surface area contributed by atoms with Gasteiger partial charge in [-0.15, -0.1) is 11.3 Å². The summed E-state index contributed by atoms with van der Waals surface area (Å²) < 4.78 is 11.2. The van der Waals surface area contributed by atoms with Gasteiger partial charge in [0.2, 0.25) is 0 Å². The normalized spacial score (nSPS) is 14.6. The summed E-state index contributed by atoms with van der Waals surface area (Å²) in [6.45, 7) is 9.31. The van der Waals surface area contributed by atoms with Gasteiger partial charge in [-0.25, -0.2) is 0 Å². The summed E-state index contributed by atoms with van der Waals surface area (Å²) in [6, 6.07) is 12.4. The predicted octanol–water partition coefficient (Wildman–Crippen LogP) is 3.48. The zero-order valence-corrected chi connectivity index (χ0v) is 18.8. The van der Waals surface area contributed by atoms with Crippen LogP contribution in [0.15, 0.2) is 46.3 Å². The van der Waals surface area contributed by atoms with Gasteiger partial charge in [-0.05, 0) is 37.4 Å². The van der Waals surface area contributed by atoms with Crippen molar-refractivity contribution in [3.8, 4) is 5.75 Å². The number of nitrogens with one attached hydrogen (secondary N) is 1. The topological polar surface area (TPSA) is 70.8 Å². The third-order valence-corrected chi connectivity index (χ3v) is 6.35. The van der Waals surface area contributed by atoms with E-state index in [1.807, 2.05) is 18.2 Å². The van der Waals surface area contributed by atoms with Gasteiger partial charge in [0.1, 0.15) is 23.7 Å². The van der Waals surface area contributed by atoms with E-state index in [0.29, 0.717) is 30.2 Å². The lowest BCUT2D eigenvalue weighted by Crippen LogP contribution is -2.48. The third kappa shape index (κ3) is 5.26. The zero-order chi connectivity index (χ0) is 21.6. The maximum absolute atomic E-state index is 12.4. The minimum Gasteiger partial charge on any atom is -0.486 e. The third-order valence-electron chi connectivity index (χ3n) is 5.50. The molecule has 164 valence electrons. The van der Waals surface area contributed by atoms with Crippen LogP contribution in [0, 0.1) is 13.8 Å². The van der Waals surface area contributed by atoms with Crippen molar-refractivity contribution in [1.29, 1.82) is 0 Å². The minimum absolute atomic E-state index is 0.119.